The fraction of sp³-hybridized carbons (Fsp3) is 0.467. The number of amides is 1. The minimum Gasteiger partial charge on any atom is -0.483 e. The molecule has 1 saturated heterocycles. The van der Waals surface area contributed by atoms with Crippen LogP contribution in [0.15, 0.2) is 18.2 Å². The third-order valence-corrected chi connectivity index (χ3v) is 3.85. The van der Waals surface area contributed by atoms with Crippen molar-refractivity contribution >= 4 is 23.5 Å². The molecule has 1 atom stereocenters. The van der Waals surface area contributed by atoms with Crippen LogP contribution in [-0.4, -0.2) is 41.6 Å². The zero-order valence-electron chi connectivity index (χ0n) is 11.8. The molecule has 1 aliphatic heterocycles. The topological polar surface area (TPSA) is 66.8 Å². The number of carboxylic acid groups (broad SMARTS) is 1. The van der Waals surface area contributed by atoms with Crippen LogP contribution in [0.3, 0.4) is 0 Å². The summed E-state index contributed by atoms with van der Waals surface area (Å²) < 4.78 is 5.51. The molecule has 0 bridgehead atoms. The van der Waals surface area contributed by atoms with Crippen molar-refractivity contribution in [3.8, 4) is 5.75 Å². The first kappa shape index (κ1) is 15.6. The van der Waals surface area contributed by atoms with E-state index in [1.165, 1.54) is 0 Å². The van der Waals surface area contributed by atoms with E-state index >= 15 is 0 Å². The molecule has 0 saturated carbocycles. The monoisotopic (exact) mass is 311 g/mol. The van der Waals surface area contributed by atoms with Gasteiger partial charge in [-0.2, -0.15) is 0 Å². The average molecular weight is 312 g/mol. The molecule has 1 unspecified atom stereocenters. The molecule has 1 aromatic carbocycles. The molecule has 1 N–H and O–H groups in total. The predicted octanol–water partition coefficient (Wildman–Crippen LogP) is 2.35. The summed E-state index contributed by atoms with van der Waals surface area (Å²) in [5, 5.41) is 9.64. The fourth-order valence-corrected chi connectivity index (χ4v) is 2.64. The number of nitrogens with zero attached hydrogens (tertiary/aromatic N) is 1. The van der Waals surface area contributed by atoms with Gasteiger partial charge >= 0.3 is 5.97 Å². The van der Waals surface area contributed by atoms with E-state index < -0.39 is 11.9 Å². The number of likely N-dealkylation sites (tertiary alicyclic amines) is 1. The zero-order chi connectivity index (χ0) is 15.4. The Morgan fingerprint density at radius 1 is 1.48 bits per heavy atom. The van der Waals surface area contributed by atoms with E-state index in [0.29, 0.717) is 30.2 Å². The molecule has 6 heteroatoms. The summed E-state index contributed by atoms with van der Waals surface area (Å²) in [5.74, 6) is -0.892. The van der Waals surface area contributed by atoms with Crippen LogP contribution in [0.5, 0.6) is 5.75 Å². The minimum absolute atomic E-state index is 0.0885. The number of aliphatic carboxylic acids is 1. The van der Waals surface area contributed by atoms with Gasteiger partial charge in [-0.15, -0.1) is 0 Å². The molecular weight excluding hydrogens is 294 g/mol. The lowest BCUT2D eigenvalue weighted by Crippen LogP contribution is -2.44. The number of aryl methyl sites for hydroxylation is 1. The molecule has 0 aliphatic carbocycles. The van der Waals surface area contributed by atoms with Gasteiger partial charge in [0.1, 0.15) is 5.75 Å². The standard InChI is InChI=1S/C15H18ClNO4/c1-10-7-12(16)4-5-13(10)21-9-14(18)17-6-2-3-11(8-17)15(19)20/h4-5,7,11H,2-3,6,8-9H2,1H3,(H,19,20). The van der Waals surface area contributed by atoms with Crippen LogP contribution >= 0.6 is 11.6 Å². The van der Waals surface area contributed by atoms with Gasteiger partial charge < -0.3 is 14.7 Å². The predicted molar refractivity (Wildman–Crippen MR) is 78.6 cm³/mol. The van der Waals surface area contributed by atoms with Crippen molar-refractivity contribution in [1.82, 2.24) is 4.90 Å². The highest BCUT2D eigenvalue weighted by atomic mass is 35.5. The quantitative estimate of drug-likeness (QED) is 0.927. The molecule has 5 nitrogen and oxygen atoms in total. The summed E-state index contributed by atoms with van der Waals surface area (Å²) in [7, 11) is 0. The summed E-state index contributed by atoms with van der Waals surface area (Å²) in [6.07, 6.45) is 1.33. The lowest BCUT2D eigenvalue weighted by Gasteiger charge is -2.30. The number of ether oxygens (including phenoxy) is 1. The molecule has 0 radical (unpaired) electrons. The van der Waals surface area contributed by atoms with Crippen molar-refractivity contribution in [2.24, 2.45) is 5.92 Å². The number of benzene rings is 1. The minimum atomic E-state index is -0.845. The summed E-state index contributed by atoms with van der Waals surface area (Å²) >= 11 is 5.86. The van der Waals surface area contributed by atoms with Crippen LogP contribution in [0.1, 0.15) is 18.4 Å². The van der Waals surface area contributed by atoms with E-state index in [0.717, 1.165) is 5.56 Å². The normalized spacial score (nSPS) is 18.4. The highest BCUT2D eigenvalue weighted by Crippen LogP contribution is 2.22. The van der Waals surface area contributed by atoms with E-state index in [9.17, 15) is 9.59 Å². The maximum absolute atomic E-state index is 12.1. The van der Waals surface area contributed by atoms with Crippen molar-refractivity contribution in [2.45, 2.75) is 19.8 Å². The number of carbonyl (C=O) groups excluding carboxylic acids is 1. The Balaban J connectivity index is 1.90. The number of halogens is 1. The van der Waals surface area contributed by atoms with Crippen molar-refractivity contribution in [2.75, 3.05) is 19.7 Å². The Morgan fingerprint density at radius 3 is 2.90 bits per heavy atom. The van der Waals surface area contributed by atoms with Gasteiger partial charge in [0.05, 0.1) is 5.92 Å². The Labute approximate surface area is 128 Å². The van der Waals surface area contributed by atoms with Crippen LogP contribution in [0.25, 0.3) is 0 Å². The van der Waals surface area contributed by atoms with Gasteiger partial charge in [0, 0.05) is 18.1 Å². The first-order valence-electron chi connectivity index (χ1n) is 6.87. The molecule has 2 rings (SSSR count). The Hall–Kier alpha value is -1.75. The molecule has 21 heavy (non-hydrogen) atoms. The lowest BCUT2D eigenvalue weighted by molar-refractivity contribution is -0.146. The van der Waals surface area contributed by atoms with Gasteiger partial charge in [0.2, 0.25) is 0 Å². The number of rotatable bonds is 4. The Morgan fingerprint density at radius 2 is 2.24 bits per heavy atom. The van der Waals surface area contributed by atoms with E-state index in [1.54, 1.807) is 23.1 Å². The lowest BCUT2D eigenvalue weighted by atomic mass is 9.98. The van der Waals surface area contributed by atoms with Crippen LogP contribution in [-0.2, 0) is 9.59 Å². The van der Waals surface area contributed by atoms with Gasteiger partial charge in [-0.3, -0.25) is 9.59 Å². The van der Waals surface area contributed by atoms with E-state index in [1.807, 2.05) is 6.92 Å². The highest BCUT2D eigenvalue weighted by molar-refractivity contribution is 6.30. The maximum atomic E-state index is 12.1. The third-order valence-electron chi connectivity index (χ3n) is 3.61. The summed E-state index contributed by atoms with van der Waals surface area (Å²) in [5.41, 5.74) is 0.859. The van der Waals surface area contributed by atoms with Crippen LogP contribution < -0.4 is 4.74 Å². The van der Waals surface area contributed by atoms with E-state index in [2.05, 4.69) is 0 Å². The highest BCUT2D eigenvalue weighted by Gasteiger charge is 2.28. The molecule has 1 aromatic rings. The number of carbonyl (C=O) groups is 2. The number of hydrogen-bond donors (Lipinski definition) is 1. The Bertz CT molecular complexity index is 546. The summed E-state index contributed by atoms with van der Waals surface area (Å²) in [6.45, 7) is 2.62. The van der Waals surface area contributed by atoms with Gasteiger partial charge in [-0.05, 0) is 43.5 Å². The maximum Gasteiger partial charge on any atom is 0.308 e. The first-order chi connectivity index (χ1) is 9.97. The van der Waals surface area contributed by atoms with Gasteiger partial charge in [-0.1, -0.05) is 11.6 Å². The van der Waals surface area contributed by atoms with E-state index in [-0.39, 0.29) is 19.1 Å². The molecule has 1 heterocycles. The number of piperidine rings is 1. The second-order valence-corrected chi connectivity index (χ2v) is 5.65. The summed E-state index contributed by atoms with van der Waals surface area (Å²) in [6, 6.07) is 5.19. The fourth-order valence-electron chi connectivity index (χ4n) is 2.41. The van der Waals surface area contributed by atoms with E-state index in [4.69, 9.17) is 21.4 Å². The molecule has 1 aliphatic rings. The molecule has 114 valence electrons. The molecular formula is C15H18ClNO4. The smallest absolute Gasteiger partial charge is 0.308 e. The second kappa shape index (κ2) is 6.80. The van der Waals surface area contributed by atoms with Crippen LogP contribution in [0.4, 0.5) is 0 Å². The SMILES string of the molecule is Cc1cc(Cl)ccc1OCC(=O)N1CCCC(C(=O)O)C1. The van der Waals surface area contributed by atoms with Crippen molar-refractivity contribution in [3.05, 3.63) is 28.8 Å². The first-order valence-corrected chi connectivity index (χ1v) is 7.24. The molecule has 1 amide bonds. The average Bonchev–Trinajstić information content (AvgIpc) is 2.46. The van der Waals surface area contributed by atoms with Crippen molar-refractivity contribution in [1.29, 1.82) is 0 Å². The summed E-state index contributed by atoms with van der Waals surface area (Å²) in [4.78, 5) is 24.7. The molecule has 0 aromatic heterocycles. The molecule has 1 fully saturated rings. The van der Waals surface area contributed by atoms with Crippen molar-refractivity contribution in [3.63, 3.8) is 0 Å². The van der Waals surface area contributed by atoms with Gasteiger partial charge in [0.15, 0.2) is 6.61 Å². The van der Waals surface area contributed by atoms with Gasteiger partial charge in [0.25, 0.3) is 5.91 Å². The number of carboxylic acids is 1. The van der Waals surface area contributed by atoms with Crippen LogP contribution in [0, 0.1) is 12.8 Å². The number of hydrogen-bond acceptors (Lipinski definition) is 3. The Kier molecular flexibility index (Phi) is 5.07. The third kappa shape index (κ3) is 4.11. The second-order valence-electron chi connectivity index (χ2n) is 5.22. The largest absolute Gasteiger partial charge is 0.483 e. The van der Waals surface area contributed by atoms with Crippen molar-refractivity contribution < 1.29 is 19.4 Å². The van der Waals surface area contributed by atoms with Gasteiger partial charge in [-0.25, -0.2) is 0 Å². The molecule has 0 spiro atoms. The van der Waals surface area contributed by atoms with Crippen LogP contribution in [0.2, 0.25) is 5.02 Å². The zero-order valence-corrected chi connectivity index (χ0v) is 12.6.